The third-order valence-corrected chi connectivity index (χ3v) is 6.58. The molecule has 0 radical (unpaired) electrons. The Morgan fingerprint density at radius 3 is 2.50 bits per heavy atom. The quantitative estimate of drug-likeness (QED) is 0.462. The number of hydrogen-bond donors (Lipinski definition) is 1. The van der Waals surface area contributed by atoms with Crippen molar-refractivity contribution in [3.8, 4) is 11.6 Å². The van der Waals surface area contributed by atoms with Crippen LogP contribution in [-0.2, 0) is 26.7 Å². The summed E-state index contributed by atoms with van der Waals surface area (Å²) in [4.78, 5) is 16.9. The van der Waals surface area contributed by atoms with Crippen LogP contribution in [0.15, 0.2) is 53.7 Å². The molecule has 0 bridgehead atoms. The summed E-state index contributed by atoms with van der Waals surface area (Å²) in [6.45, 7) is 4.60. The summed E-state index contributed by atoms with van der Waals surface area (Å²) < 4.78 is 45.9. The molecular formula is C23H28N4O6S. The maximum absolute atomic E-state index is 13.2. The topological polar surface area (TPSA) is 122 Å². The zero-order chi connectivity index (χ0) is 24.9. The number of carbonyl (C=O) groups excluding carboxylic acids is 1. The molecule has 10 nitrogen and oxygen atoms in total. The van der Waals surface area contributed by atoms with Crippen molar-refractivity contribution in [2.75, 3.05) is 27.9 Å². The number of ether oxygens (including phenoxy) is 3. The Labute approximate surface area is 198 Å². The van der Waals surface area contributed by atoms with Crippen molar-refractivity contribution >= 4 is 15.9 Å². The van der Waals surface area contributed by atoms with E-state index in [1.807, 2.05) is 13.8 Å². The second kappa shape index (κ2) is 10.2. The molecule has 0 unspecified atom stereocenters. The van der Waals surface area contributed by atoms with Gasteiger partial charge in [-0.2, -0.15) is 5.10 Å². The van der Waals surface area contributed by atoms with Crippen LogP contribution in [0.25, 0.3) is 0 Å². The molecule has 1 aromatic carbocycles. The van der Waals surface area contributed by atoms with Crippen LogP contribution in [0.2, 0.25) is 0 Å². The minimum absolute atomic E-state index is 0.109. The molecule has 0 atom stereocenters. The van der Waals surface area contributed by atoms with Crippen LogP contribution in [0.5, 0.6) is 11.6 Å². The summed E-state index contributed by atoms with van der Waals surface area (Å²) in [6, 6.07) is 9.66. The first-order chi connectivity index (χ1) is 16.1. The summed E-state index contributed by atoms with van der Waals surface area (Å²) in [6.07, 6.45) is 3.42. The van der Waals surface area contributed by atoms with Crippen molar-refractivity contribution in [1.29, 1.82) is 0 Å². The zero-order valence-corrected chi connectivity index (χ0v) is 20.5. The summed E-state index contributed by atoms with van der Waals surface area (Å²) >= 11 is 0. The third-order valence-electron chi connectivity index (χ3n) is 5.22. The summed E-state index contributed by atoms with van der Waals surface area (Å²) in [5, 5.41) is 4.13. The van der Waals surface area contributed by atoms with Crippen LogP contribution in [0.4, 0.5) is 0 Å². The monoisotopic (exact) mass is 488 g/mol. The van der Waals surface area contributed by atoms with E-state index in [0.717, 1.165) is 0 Å². The molecule has 11 heteroatoms. The lowest BCUT2D eigenvalue weighted by Gasteiger charge is -2.25. The van der Waals surface area contributed by atoms with E-state index < -0.39 is 21.3 Å². The highest BCUT2D eigenvalue weighted by atomic mass is 32.2. The highest BCUT2D eigenvalue weighted by Gasteiger charge is 2.28. The molecule has 0 saturated heterocycles. The number of rotatable bonds is 10. The van der Waals surface area contributed by atoms with E-state index in [4.69, 9.17) is 14.2 Å². The van der Waals surface area contributed by atoms with E-state index in [1.165, 1.54) is 26.4 Å². The first-order valence-corrected chi connectivity index (χ1v) is 11.9. The van der Waals surface area contributed by atoms with E-state index in [1.54, 1.807) is 48.5 Å². The predicted octanol–water partition coefficient (Wildman–Crippen LogP) is 2.39. The smallest absolute Gasteiger partial charge is 0.283 e. The Hall–Kier alpha value is -3.44. The first kappa shape index (κ1) is 25.2. The molecule has 0 aliphatic carbocycles. The molecule has 182 valence electrons. The van der Waals surface area contributed by atoms with Gasteiger partial charge in [-0.15, -0.1) is 0 Å². The molecule has 0 aliphatic rings. The van der Waals surface area contributed by atoms with E-state index in [0.29, 0.717) is 24.3 Å². The van der Waals surface area contributed by atoms with E-state index in [9.17, 15) is 13.2 Å². The molecule has 0 saturated carbocycles. The van der Waals surface area contributed by atoms with Gasteiger partial charge >= 0.3 is 0 Å². The Balaban J connectivity index is 1.89. The Morgan fingerprint density at radius 1 is 1.12 bits per heavy atom. The Bertz CT molecular complexity index is 1260. The van der Waals surface area contributed by atoms with Gasteiger partial charge in [-0.25, -0.2) is 18.1 Å². The predicted molar refractivity (Wildman–Crippen MR) is 125 cm³/mol. The van der Waals surface area contributed by atoms with Gasteiger partial charge in [0, 0.05) is 30.5 Å². The largest absolute Gasteiger partial charge is 0.495 e. The van der Waals surface area contributed by atoms with Gasteiger partial charge in [-0.1, -0.05) is 19.9 Å². The molecule has 2 aromatic heterocycles. The number of pyridine rings is 1. The van der Waals surface area contributed by atoms with Gasteiger partial charge in [0.2, 0.25) is 5.88 Å². The van der Waals surface area contributed by atoms with Crippen LogP contribution < -0.4 is 14.2 Å². The van der Waals surface area contributed by atoms with Gasteiger partial charge < -0.3 is 14.2 Å². The van der Waals surface area contributed by atoms with Crippen molar-refractivity contribution in [2.45, 2.75) is 30.7 Å². The average Bonchev–Trinajstić information content (AvgIpc) is 3.31. The van der Waals surface area contributed by atoms with Crippen LogP contribution >= 0.6 is 0 Å². The normalized spacial score (nSPS) is 11.8. The first-order valence-electron chi connectivity index (χ1n) is 10.4. The van der Waals surface area contributed by atoms with Crippen LogP contribution in [0.1, 0.15) is 35.5 Å². The molecule has 34 heavy (non-hydrogen) atoms. The summed E-state index contributed by atoms with van der Waals surface area (Å²) in [5.41, 5.74) is 0.819. The molecule has 3 rings (SSSR count). The number of sulfonamides is 1. The molecule has 2 heterocycles. The molecule has 1 N–H and O–H groups in total. The van der Waals surface area contributed by atoms with Crippen molar-refractivity contribution in [3.05, 3.63) is 65.6 Å². The second-order valence-corrected chi connectivity index (χ2v) is 9.84. The summed E-state index contributed by atoms with van der Waals surface area (Å²) in [5.74, 6) is -0.591. The number of amides is 1. The second-order valence-electron chi connectivity index (χ2n) is 8.19. The molecule has 0 aliphatic heterocycles. The van der Waals surface area contributed by atoms with Gasteiger partial charge in [0.15, 0.2) is 0 Å². The standard InChI is InChI=1S/C23H28N4O6S/c1-23(2,15-31-3)17-8-10-19(32-4)20(13-17)34(29,30)26-21(28)18-9-7-16(22(25-18)33-5)14-27-12-6-11-24-27/h6-13H,14-15H2,1-5H3,(H,26,28). The highest BCUT2D eigenvalue weighted by molar-refractivity contribution is 7.90. The van der Waals surface area contributed by atoms with Crippen molar-refractivity contribution in [1.82, 2.24) is 19.5 Å². The highest BCUT2D eigenvalue weighted by Crippen LogP contribution is 2.31. The van der Waals surface area contributed by atoms with Crippen LogP contribution in [-0.4, -0.2) is 57.0 Å². The lowest BCUT2D eigenvalue weighted by Crippen LogP contribution is -2.32. The van der Waals surface area contributed by atoms with Gasteiger partial charge in [0.1, 0.15) is 16.3 Å². The summed E-state index contributed by atoms with van der Waals surface area (Å²) in [7, 11) is 0.0791. The fourth-order valence-electron chi connectivity index (χ4n) is 3.44. The molecule has 1 amide bonds. The Morgan fingerprint density at radius 2 is 1.88 bits per heavy atom. The molecule has 0 fully saturated rings. The number of carbonyl (C=O) groups is 1. The van der Waals surface area contributed by atoms with Crippen molar-refractivity contribution in [2.24, 2.45) is 0 Å². The number of methoxy groups -OCH3 is 3. The molecule has 0 spiro atoms. The minimum atomic E-state index is -4.28. The average molecular weight is 489 g/mol. The fourth-order valence-corrected chi connectivity index (χ4v) is 4.60. The Kier molecular flexibility index (Phi) is 7.57. The van der Waals surface area contributed by atoms with E-state index in [2.05, 4.69) is 14.8 Å². The lowest BCUT2D eigenvalue weighted by molar-refractivity contribution is 0.0975. The number of aromatic nitrogens is 3. The maximum Gasteiger partial charge on any atom is 0.283 e. The van der Waals surface area contributed by atoms with Gasteiger partial charge in [-0.05, 0) is 35.9 Å². The van der Waals surface area contributed by atoms with E-state index >= 15 is 0 Å². The maximum atomic E-state index is 13.2. The zero-order valence-electron chi connectivity index (χ0n) is 19.7. The van der Waals surface area contributed by atoms with Crippen LogP contribution in [0, 0.1) is 0 Å². The van der Waals surface area contributed by atoms with Gasteiger partial charge in [-0.3, -0.25) is 9.48 Å². The van der Waals surface area contributed by atoms with E-state index in [-0.39, 0.29) is 22.2 Å². The third kappa shape index (κ3) is 5.54. The molecule has 3 aromatic rings. The lowest BCUT2D eigenvalue weighted by atomic mass is 9.85. The van der Waals surface area contributed by atoms with Crippen LogP contribution in [0.3, 0.4) is 0 Å². The number of nitrogens with one attached hydrogen (secondary N) is 1. The SMILES string of the molecule is COCC(C)(C)c1ccc(OC)c(S(=O)(=O)NC(=O)c2ccc(Cn3cccn3)c(OC)n2)c1. The number of hydrogen-bond acceptors (Lipinski definition) is 8. The van der Waals surface area contributed by atoms with Crippen molar-refractivity contribution < 1.29 is 27.4 Å². The minimum Gasteiger partial charge on any atom is -0.495 e. The molecular weight excluding hydrogens is 460 g/mol. The van der Waals surface area contributed by atoms with Gasteiger partial charge in [0.05, 0.1) is 27.4 Å². The number of nitrogens with zero attached hydrogens (tertiary/aromatic N) is 3. The van der Waals surface area contributed by atoms with Crippen molar-refractivity contribution in [3.63, 3.8) is 0 Å². The number of benzene rings is 1. The fraction of sp³-hybridized carbons (Fsp3) is 0.348. The van der Waals surface area contributed by atoms with Gasteiger partial charge in [0.25, 0.3) is 15.9 Å².